The van der Waals surface area contributed by atoms with Gasteiger partial charge in [-0.15, -0.1) is 5.10 Å². The standard InChI is InChI=1S/C15H27N5O2/c1-11(2)20-12(10-17-18-20)15(16)6-8-19(9-7-15)13(21)22-14(3,4)5/h10-11H,6-9,16H2,1-5H3. The molecule has 7 heteroatoms. The Hall–Kier alpha value is -1.63. The van der Waals surface area contributed by atoms with Crippen molar-refractivity contribution >= 4 is 6.09 Å². The van der Waals surface area contributed by atoms with E-state index in [1.165, 1.54) is 0 Å². The van der Waals surface area contributed by atoms with Gasteiger partial charge in [-0.05, 0) is 47.5 Å². The Labute approximate surface area is 131 Å². The molecule has 1 amide bonds. The van der Waals surface area contributed by atoms with Crippen LogP contribution < -0.4 is 5.73 Å². The largest absolute Gasteiger partial charge is 0.444 e. The number of carbonyl (C=O) groups is 1. The quantitative estimate of drug-likeness (QED) is 0.903. The topological polar surface area (TPSA) is 86.3 Å². The van der Waals surface area contributed by atoms with Gasteiger partial charge in [0.25, 0.3) is 0 Å². The highest BCUT2D eigenvalue weighted by Crippen LogP contribution is 2.31. The summed E-state index contributed by atoms with van der Waals surface area (Å²) in [5.74, 6) is 0. The normalized spacial score (nSPS) is 18.6. The molecule has 0 atom stereocenters. The number of aromatic nitrogens is 3. The van der Waals surface area contributed by atoms with Crippen molar-refractivity contribution in [2.75, 3.05) is 13.1 Å². The second-order valence-electron chi connectivity index (χ2n) is 7.28. The Kier molecular flexibility index (Phi) is 4.47. The highest BCUT2D eigenvalue weighted by molar-refractivity contribution is 5.68. The molecular weight excluding hydrogens is 282 g/mol. The zero-order valence-corrected chi connectivity index (χ0v) is 14.2. The van der Waals surface area contributed by atoms with Crippen LogP contribution >= 0.6 is 0 Å². The van der Waals surface area contributed by atoms with Crippen molar-refractivity contribution in [3.63, 3.8) is 0 Å². The van der Waals surface area contributed by atoms with Gasteiger partial charge in [-0.2, -0.15) is 0 Å². The third-order valence-electron chi connectivity index (χ3n) is 3.88. The van der Waals surface area contributed by atoms with Gasteiger partial charge >= 0.3 is 6.09 Å². The molecule has 1 aliphatic heterocycles. The summed E-state index contributed by atoms with van der Waals surface area (Å²) in [4.78, 5) is 13.8. The number of hydrogen-bond donors (Lipinski definition) is 1. The van der Waals surface area contributed by atoms with Gasteiger partial charge in [0.05, 0.1) is 17.4 Å². The molecule has 22 heavy (non-hydrogen) atoms. The molecule has 0 radical (unpaired) electrons. The van der Waals surface area contributed by atoms with Gasteiger partial charge in [-0.25, -0.2) is 9.48 Å². The van der Waals surface area contributed by atoms with E-state index in [0.717, 1.165) is 5.69 Å². The molecule has 7 nitrogen and oxygen atoms in total. The zero-order chi connectivity index (χ0) is 16.5. The van der Waals surface area contributed by atoms with E-state index in [9.17, 15) is 4.79 Å². The Morgan fingerprint density at radius 1 is 1.36 bits per heavy atom. The number of piperidine rings is 1. The van der Waals surface area contributed by atoms with Gasteiger partial charge in [0.15, 0.2) is 0 Å². The van der Waals surface area contributed by atoms with Crippen molar-refractivity contribution in [1.29, 1.82) is 0 Å². The maximum atomic E-state index is 12.1. The maximum Gasteiger partial charge on any atom is 0.410 e. The van der Waals surface area contributed by atoms with Crippen molar-refractivity contribution in [3.8, 4) is 0 Å². The molecule has 0 aliphatic carbocycles. The molecule has 2 N–H and O–H groups in total. The van der Waals surface area contributed by atoms with Crippen molar-refractivity contribution in [2.24, 2.45) is 5.73 Å². The van der Waals surface area contributed by atoms with Crippen LogP contribution in [0.2, 0.25) is 0 Å². The summed E-state index contributed by atoms with van der Waals surface area (Å²) in [7, 11) is 0. The van der Waals surface area contributed by atoms with Gasteiger partial charge in [-0.1, -0.05) is 5.21 Å². The molecule has 0 saturated carbocycles. The maximum absolute atomic E-state index is 12.1. The van der Waals surface area contributed by atoms with Crippen LogP contribution in [0.25, 0.3) is 0 Å². The van der Waals surface area contributed by atoms with Gasteiger partial charge in [-0.3, -0.25) is 0 Å². The first-order valence-corrected chi connectivity index (χ1v) is 7.80. The van der Waals surface area contributed by atoms with E-state index in [2.05, 4.69) is 24.2 Å². The van der Waals surface area contributed by atoms with Crippen LogP contribution in [0.4, 0.5) is 4.79 Å². The van der Waals surface area contributed by atoms with Crippen molar-refractivity contribution < 1.29 is 9.53 Å². The van der Waals surface area contributed by atoms with Gasteiger partial charge in [0.2, 0.25) is 0 Å². The van der Waals surface area contributed by atoms with Crippen LogP contribution in [-0.4, -0.2) is 44.7 Å². The Morgan fingerprint density at radius 3 is 2.45 bits per heavy atom. The summed E-state index contributed by atoms with van der Waals surface area (Å²) in [5.41, 5.74) is 6.54. The first-order chi connectivity index (χ1) is 10.1. The molecule has 0 aromatic carbocycles. The van der Waals surface area contributed by atoms with Crippen LogP contribution in [0.1, 0.15) is 59.2 Å². The number of ether oxygens (including phenoxy) is 1. The highest BCUT2D eigenvalue weighted by Gasteiger charge is 2.38. The van der Waals surface area contributed by atoms with E-state index >= 15 is 0 Å². The predicted molar refractivity (Wildman–Crippen MR) is 83.3 cm³/mol. The number of nitrogens with two attached hydrogens (primary N) is 1. The summed E-state index contributed by atoms with van der Waals surface area (Å²) >= 11 is 0. The number of amides is 1. The Bertz CT molecular complexity index is 524. The van der Waals surface area contributed by atoms with Gasteiger partial charge in [0, 0.05) is 19.1 Å². The van der Waals surface area contributed by atoms with Crippen molar-refractivity contribution in [1.82, 2.24) is 19.9 Å². The van der Waals surface area contributed by atoms with E-state index in [0.29, 0.717) is 25.9 Å². The van der Waals surface area contributed by atoms with Gasteiger partial charge < -0.3 is 15.4 Å². The first-order valence-electron chi connectivity index (χ1n) is 7.80. The smallest absolute Gasteiger partial charge is 0.410 e. The lowest BCUT2D eigenvalue weighted by molar-refractivity contribution is 0.0161. The molecule has 1 aromatic rings. The Balaban J connectivity index is 2.04. The number of nitrogens with zero attached hydrogens (tertiary/aromatic N) is 4. The lowest BCUT2D eigenvalue weighted by Crippen LogP contribution is -2.51. The predicted octanol–water partition coefficient (Wildman–Crippen LogP) is 2.04. The molecule has 1 aliphatic rings. The third-order valence-corrected chi connectivity index (χ3v) is 3.88. The third kappa shape index (κ3) is 3.58. The van der Waals surface area contributed by atoms with E-state index in [4.69, 9.17) is 10.5 Å². The molecule has 1 saturated heterocycles. The molecule has 2 heterocycles. The average Bonchev–Trinajstić information content (AvgIpc) is 2.87. The molecule has 2 rings (SSSR count). The average molecular weight is 309 g/mol. The van der Waals surface area contributed by atoms with Crippen molar-refractivity contribution in [3.05, 3.63) is 11.9 Å². The van der Waals surface area contributed by atoms with Crippen LogP contribution in [-0.2, 0) is 10.3 Å². The van der Waals surface area contributed by atoms with Gasteiger partial charge in [0.1, 0.15) is 5.60 Å². The van der Waals surface area contributed by atoms with E-state index in [1.807, 2.05) is 25.5 Å². The minimum Gasteiger partial charge on any atom is -0.444 e. The fourth-order valence-electron chi connectivity index (χ4n) is 2.65. The second-order valence-corrected chi connectivity index (χ2v) is 7.28. The molecule has 0 spiro atoms. The van der Waals surface area contributed by atoms with E-state index in [1.54, 1.807) is 11.1 Å². The molecule has 124 valence electrons. The van der Waals surface area contributed by atoms with Crippen LogP contribution in [0.3, 0.4) is 0 Å². The fraction of sp³-hybridized carbons (Fsp3) is 0.800. The van der Waals surface area contributed by atoms with Crippen LogP contribution in [0.5, 0.6) is 0 Å². The highest BCUT2D eigenvalue weighted by atomic mass is 16.6. The zero-order valence-electron chi connectivity index (χ0n) is 14.2. The molecular formula is C15H27N5O2. The molecule has 1 fully saturated rings. The minimum atomic E-state index is -0.494. The number of likely N-dealkylation sites (tertiary alicyclic amines) is 1. The summed E-state index contributed by atoms with van der Waals surface area (Å²) in [6, 6.07) is 0.210. The lowest BCUT2D eigenvalue weighted by atomic mass is 9.85. The fourth-order valence-corrected chi connectivity index (χ4v) is 2.65. The summed E-state index contributed by atoms with van der Waals surface area (Å²) in [5, 5.41) is 8.11. The van der Waals surface area contributed by atoms with Crippen LogP contribution in [0, 0.1) is 0 Å². The number of rotatable bonds is 2. The first kappa shape index (κ1) is 16.7. The van der Waals surface area contributed by atoms with E-state index in [-0.39, 0.29) is 12.1 Å². The summed E-state index contributed by atoms with van der Waals surface area (Å²) in [6.45, 7) is 10.9. The SMILES string of the molecule is CC(C)n1nncc1C1(N)CCN(C(=O)OC(C)(C)C)CC1. The molecule has 0 unspecified atom stereocenters. The van der Waals surface area contributed by atoms with E-state index < -0.39 is 11.1 Å². The second kappa shape index (κ2) is 5.87. The minimum absolute atomic E-state index is 0.210. The monoisotopic (exact) mass is 309 g/mol. The van der Waals surface area contributed by atoms with Crippen molar-refractivity contribution in [2.45, 2.75) is 64.6 Å². The Morgan fingerprint density at radius 2 is 1.95 bits per heavy atom. The lowest BCUT2D eigenvalue weighted by Gasteiger charge is -2.39. The number of hydrogen-bond acceptors (Lipinski definition) is 5. The number of carbonyl (C=O) groups excluding carboxylic acids is 1. The van der Waals surface area contributed by atoms with Crippen LogP contribution in [0.15, 0.2) is 6.20 Å². The molecule has 0 bridgehead atoms. The molecule has 1 aromatic heterocycles. The summed E-state index contributed by atoms with van der Waals surface area (Å²) in [6.07, 6.45) is 2.81. The summed E-state index contributed by atoms with van der Waals surface area (Å²) < 4.78 is 7.28.